The number of nitrogen functional groups attached to an aromatic ring is 1. The lowest BCUT2D eigenvalue weighted by Gasteiger charge is -2.16. The van der Waals surface area contributed by atoms with E-state index in [0.29, 0.717) is 17.9 Å². The van der Waals surface area contributed by atoms with Crippen molar-refractivity contribution in [3.63, 3.8) is 0 Å². The van der Waals surface area contributed by atoms with Gasteiger partial charge < -0.3 is 15.6 Å². The number of aliphatic hydroxyl groups excluding tert-OH is 1. The number of thioether (sulfide) groups is 1. The number of esters is 1. The van der Waals surface area contributed by atoms with E-state index in [0.717, 1.165) is 4.90 Å². The predicted octanol–water partition coefficient (Wildman–Crippen LogP) is 2.31. The van der Waals surface area contributed by atoms with Gasteiger partial charge in [-0.1, -0.05) is 6.92 Å². The van der Waals surface area contributed by atoms with E-state index in [1.165, 1.54) is 11.8 Å². The van der Waals surface area contributed by atoms with Crippen LogP contribution < -0.4 is 5.73 Å². The maximum absolute atomic E-state index is 11.8. The summed E-state index contributed by atoms with van der Waals surface area (Å²) in [4.78, 5) is 12.6. The second kappa shape index (κ2) is 6.66. The van der Waals surface area contributed by atoms with E-state index in [-0.39, 0.29) is 11.2 Å². The quantitative estimate of drug-likeness (QED) is 0.487. The molecule has 0 heterocycles. The molecule has 2 unspecified atom stereocenters. The Morgan fingerprint density at radius 2 is 2.17 bits per heavy atom. The van der Waals surface area contributed by atoms with E-state index < -0.39 is 6.10 Å². The van der Waals surface area contributed by atoms with E-state index >= 15 is 0 Å². The standard InChI is InChI=1S/C13H19NO3S/c1-4-17-13(16)11-7-10(14)5-6-12(11)18-9(3)8(2)15/h5-9,15H,4,14H2,1-3H3. The Labute approximate surface area is 112 Å². The Morgan fingerprint density at radius 1 is 1.50 bits per heavy atom. The van der Waals surface area contributed by atoms with Crippen LogP contribution in [0.4, 0.5) is 5.69 Å². The Hall–Kier alpha value is -1.20. The van der Waals surface area contributed by atoms with Gasteiger partial charge in [0.2, 0.25) is 0 Å². The first-order valence-corrected chi connectivity index (χ1v) is 6.75. The van der Waals surface area contributed by atoms with E-state index in [2.05, 4.69) is 0 Å². The fourth-order valence-electron chi connectivity index (χ4n) is 1.32. The molecule has 1 aromatic carbocycles. The van der Waals surface area contributed by atoms with Crippen LogP contribution in [0, 0.1) is 0 Å². The van der Waals surface area contributed by atoms with Gasteiger partial charge in [0.05, 0.1) is 18.3 Å². The predicted molar refractivity (Wildman–Crippen MR) is 73.8 cm³/mol. The summed E-state index contributed by atoms with van der Waals surface area (Å²) in [5, 5.41) is 9.50. The van der Waals surface area contributed by atoms with Crippen LogP contribution in [-0.2, 0) is 4.74 Å². The molecule has 0 fully saturated rings. The van der Waals surface area contributed by atoms with E-state index in [1.54, 1.807) is 32.0 Å². The van der Waals surface area contributed by atoms with Gasteiger partial charge in [0.25, 0.3) is 0 Å². The number of hydrogen-bond donors (Lipinski definition) is 2. The molecule has 0 aliphatic heterocycles. The molecule has 0 aliphatic rings. The van der Waals surface area contributed by atoms with Gasteiger partial charge in [0.1, 0.15) is 0 Å². The van der Waals surface area contributed by atoms with Gasteiger partial charge in [-0.3, -0.25) is 0 Å². The number of ether oxygens (including phenoxy) is 1. The molecule has 0 saturated heterocycles. The first-order chi connectivity index (χ1) is 8.45. The highest BCUT2D eigenvalue weighted by Crippen LogP contribution is 2.30. The molecule has 0 radical (unpaired) electrons. The van der Waals surface area contributed by atoms with E-state index in [9.17, 15) is 9.90 Å². The number of nitrogens with two attached hydrogens (primary N) is 1. The highest BCUT2D eigenvalue weighted by atomic mass is 32.2. The van der Waals surface area contributed by atoms with Gasteiger partial charge >= 0.3 is 5.97 Å². The lowest BCUT2D eigenvalue weighted by molar-refractivity contribution is 0.0522. The molecular formula is C13H19NO3S. The highest BCUT2D eigenvalue weighted by Gasteiger charge is 2.17. The third-order valence-corrected chi connectivity index (χ3v) is 3.87. The van der Waals surface area contributed by atoms with Crippen molar-refractivity contribution in [3.05, 3.63) is 23.8 Å². The summed E-state index contributed by atoms with van der Waals surface area (Å²) < 4.78 is 5.00. The maximum Gasteiger partial charge on any atom is 0.339 e. The summed E-state index contributed by atoms with van der Waals surface area (Å²) in [6, 6.07) is 5.13. The average molecular weight is 269 g/mol. The first kappa shape index (κ1) is 14.9. The van der Waals surface area contributed by atoms with Crippen molar-refractivity contribution in [3.8, 4) is 0 Å². The van der Waals surface area contributed by atoms with Crippen molar-refractivity contribution in [1.29, 1.82) is 0 Å². The molecule has 4 nitrogen and oxygen atoms in total. The zero-order valence-electron chi connectivity index (χ0n) is 10.8. The van der Waals surface area contributed by atoms with Gasteiger partial charge in [-0.2, -0.15) is 0 Å². The van der Waals surface area contributed by atoms with Gasteiger partial charge in [0, 0.05) is 15.8 Å². The van der Waals surface area contributed by atoms with Gasteiger partial charge in [-0.15, -0.1) is 11.8 Å². The summed E-state index contributed by atoms with van der Waals surface area (Å²) in [5.41, 5.74) is 6.66. The topological polar surface area (TPSA) is 72.5 Å². The largest absolute Gasteiger partial charge is 0.462 e. The third kappa shape index (κ3) is 3.92. The van der Waals surface area contributed by atoms with Crippen molar-refractivity contribution in [2.24, 2.45) is 0 Å². The molecule has 0 aliphatic carbocycles. The fraction of sp³-hybridized carbons (Fsp3) is 0.462. The molecule has 1 rings (SSSR count). The molecular weight excluding hydrogens is 250 g/mol. The smallest absolute Gasteiger partial charge is 0.339 e. The number of hydrogen-bond acceptors (Lipinski definition) is 5. The number of carbonyl (C=O) groups is 1. The minimum Gasteiger partial charge on any atom is -0.462 e. The summed E-state index contributed by atoms with van der Waals surface area (Å²) in [6.45, 7) is 5.71. The number of anilines is 1. The second-order valence-electron chi connectivity index (χ2n) is 4.04. The number of carbonyl (C=O) groups excluding carboxylic acids is 1. The van der Waals surface area contributed by atoms with Crippen molar-refractivity contribution in [2.45, 2.75) is 37.0 Å². The SMILES string of the molecule is CCOC(=O)c1cc(N)ccc1SC(C)C(C)O. The Kier molecular flexibility index (Phi) is 5.50. The molecule has 0 aromatic heterocycles. The fourth-order valence-corrected chi connectivity index (χ4v) is 2.33. The number of benzene rings is 1. The Morgan fingerprint density at radius 3 is 2.72 bits per heavy atom. The molecule has 0 bridgehead atoms. The molecule has 2 atom stereocenters. The zero-order chi connectivity index (χ0) is 13.7. The summed E-state index contributed by atoms with van der Waals surface area (Å²) >= 11 is 1.43. The van der Waals surface area contributed by atoms with Crippen LogP contribution in [0.3, 0.4) is 0 Å². The van der Waals surface area contributed by atoms with Crippen LogP contribution in [0.5, 0.6) is 0 Å². The Balaban J connectivity index is 2.99. The van der Waals surface area contributed by atoms with Crippen LogP contribution in [0.25, 0.3) is 0 Å². The first-order valence-electron chi connectivity index (χ1n) is 5.87. The zero-order valence-corrected chi connectivity index (χ0v) is 11.7. The average Bonchev–Trinajstić information content (AvgIpc) is 2.31. The summed E-state index contributed by atoms with van der Waals surface area (Å²) in [5.74, 6) is -0.384. The number of aliphatic hydroxyl groups is 1. The summed E-state index contributed by atoms with van der Waals surface area (Å²) in [7, 11) is 0. The van der Waals surface area contributed by atoms with Crippen LogP contribution in [0.1, 0.15) is 31.1 Å². The molecule has 0 saturated carbocycles. The second-order valence-corrected chi connectivity index (χ2v) is 5.46. The maximum atomic E-state index is 11.8. The van der Waals surface area contributed by atoms with Crippen molar-refractivity contribution in [2.75, 3.05) is 12.3 Å². The molecule has 100 valence electrons. The van der Waals surface area contributed by atoms with Crippen LogP contribution >= 0.6 is 11.8 Å². The Bertz CT molecular complexity index is 421. The highest BCUT2D eigenvalue weighted by molar-refractivity contribution is 8.00. The molecule has 18 heavy (non-hydrogen) atoms. The van der Waals surface area contributed by atoms with Crippen LogP contribution in [0.15, 0.2) is 23.1 Å². The van der Waals surface area contributed by atoms with E-state index in [1.807, 2.05) is 6.92 Å². The van der Waals surface area contributed by atoms with Gasteiger partial charge in [-0.05, 0) is 32.0 Å². The molecule has 5 heteroatoms. The normalized spacial score (nSPS) is 14.0. The molecule has 1 aromatic rings. The van der Waals surface area contributed by atoms with Gasteiger partial charge in [0.15, 0.2) is 0 Å². The minimum atomic E-state index is -0.456. The minimum absolute atomic E-state index is 0.0122. The lowest BCUT2D eigenvalue weighted by atomic mass is 10.2. The van der Waals surface area contributed by atoms with Crippen molar-refractivity contribution in [1.82, 2.24) is 0 Å². The van der Waals surface area contributed by atoms with Crippen LogP contribution in [0.2, 0.25) is 0 Å². The monoisotopic (exact) mass is 269 g/mol. The van der Waals surface area contributed by atoms with Crippen LogP contribution in [-0.4, -0.2) is 29.0 Å². The van der Waals surface area contributed by atoms with Crippen molar-refractivity contribution >= 4 is 23.4 Å². The molecule has 3 N–H and O–H groups in total. The lowest BCUT2D eigenvalue weighted by Crippen LogP contribution is -2.16. The molecule has 0 spiro atoms. The van der Waals surface area contributed by atoms with Gasteiger partial charge in [-0.25, -0.2) is 4.79 Å². The summed E-state index contributed by atoms with van der Waals surface area (Å²) in [6.07, 6.45) is -0.456. The molecule has 0 amide bonds. The number of rotatable bonds is 5. The van der Waals surface area contributed by atoms with Crippen molar-refractivity contribution < 1.29 is 14.6 Å². The van der Waals surface area contributed by atoms with E-state index in [4.69, 9.17) is 10.5 Å². The third-order valence-electron chi connectivity index (χ3n) is 2.49.